The Morgan fingerprint density at radius 3 is 2.75 bits per heavy atom. The normalized spacial score (nSPS) is 11.4. The van der Waals surface area contributed by atoms with E-state index < -0.39 is 0 Å². The Bertz CT molecular complexity index is 441. The zero-order valence-electron chi connectivity index (χ0n) is 10.1. The summed E-state index contributed by atoms with van der Waals surface area (Å²) < 4.78 is 0. The molecule has 1 aromatic heterocycles. The van der Waals surface area contributed by atoms with Gasteiger partial charge in [0.1, 0.15) is 0 Å². The van der Waals surface area contributed by atoms with Crippen LogP contribution in [0.2, 0.25) is 0 Å². The van der Waals surface area contributed by atoms with Crippen LogP contribution in [0, 0.1) is 0 Å². The van der Waals surface area contributed by atoms with Crippen molar-refractivity contribution in [3.05, 3.63) is 36.0 Å². The van der Waals surface area contributed by atoms with Gasteiger partial charge in [0.05, 0.1) is 0 Å². The summed E-state index contributed by atoms with van der Waals surface area (Å²) in [6.07, 6.45) is 4.38. The molecule has 2 aromatic rings. The Hall–Kier alpha value is -1.28. The van der Waals surface area contributed by atoms with E-state index >= 15 is 0 Å². The zero-order valence-corrected chi connectivity index (χ0v) is 10.1. The average molecular weight is 216 g/mol. The van der Waals surface area contributed by atoms with Crippen molar-refractivity contribution in [2.75, 3.05) is 0 Å². The molecule has 86 valence electrons. The summed E-state index contributed by atoms with van der Waals surface area (Å²) in [5.74, 6) is 0. The van der Waals surface area contributed by atoms with Gasteiger partial charge in [-0.25, -0.2) is 0 Å². The Balaban J connectivity index is 2.03. The van der Waals surface area contributed by atoms with E-state index in [-0.39, 0.29) is 0 Å². The lowest BCUT2D eigenvalue weighted by Crippen LogP contribution is -2.26. The number of H-pyrrole nitrogens is 1. The van der Waals surface area contributed by atoms with Gasteiger partial charge in [0.25, 0.3) is 0 Å². The molecule has 1 aromatic carbocycles. The van der Waals surface area contributed by atoms with E-state index in [1.165, 1.54) is 29.3 Å². The largest absolute Gasteiger partial charge is 0.361 e. The van der Waals surface area contributed by atoms with Crippen LogP contribution in [-0.4, -0.2) is 11.0 Å². The maximum absolute atomic E-state index is 3.58. The minimum atomic E-state index is 0.641. The topological polar surface area (TPSA) is 27.8 Å². The van der Waals surface area contributed by atoms with Crippen LogP contribution in [0.3, 0.4) is 0 Å². The molecule has 0 bridgehead atoms. The molecule has 0 saturated carbocycles. The van der Waals surface area contributed by atoms with Crippen molar-refractivity contribution in [1.82, 2.24) is 10.3 Å². The van der Waals surface area contributed by atoms with Crippen LogP contribution in [0.25, 0.3) is 10.9 Å². The van der Waals surface area contributed by atoms with Crippen molar-refractivity contribution in [2.45, 2.75) is 39.3 Å². The highest BCUT2D eigenvalue weighted by Gasteiger charge is 2.02. The van der Waals surface area contributed by atoms with E-state index in [1.807, 2.05) is 6.20 Å². The predicted octanol–water partition coefficient (Wildman–Crippen LogP) is 3.45. The van der Waals surface area contributed by atoms with E-state index in [1.54, 1.807) is 0 Å². The third-order valence-electron chi connectivity index (χ3n) is 3.20. The fraction of sp³-hybridized carbons (Fsp3) is 0.429. The third kappa shape index (κ3) is 2.45. The Kier molecular flexibility index (Phi) is 3.62. The van der Waals surface area contributed by atoms with Crippen LogP contribution in [0.1, 0.15) is 32.3 Å². The molecule has 0 saturated heterocycles. The lowest BCUT2D eigenvalue weighted by Gasteiger charge is -2.14. The lowest BCUT2D eigenvalue weighted by atomic mass is 10.1. The van der Waals surface area contributed by atoms with Crippen LogP contribution in [0.4, 0.5) is 0 Å². The summed E-state index contributed by atoms with van der Waals surface area (Å²) in [5.41, 5.74) is 2.57. The van der Waals surface area contributed by atoms with E-state index in [4.69, 9.17) is 0 Å². The molecule has 0 aliphatic carbocycles. The first-order chi connectivity index (χ1) is 7.83. The smallest absolute Gasteiger partial charge is 0.0454 e. The van der Waals surface area contributed by atoms with Crippen LogP contribution in [0.5, 0.6) is 0 Å². The van der Waals surface area contributed by atoms with Crippen molar-refractivity contribution < 1.29 is 0 Å². The number of aromatic amines is 1. The molecule has 16 heavy (non-hydrogen) atoms. The second-order valence-electron chi connectivity index (χ2n) is 4.29. The second kappa shape index (κ2) is 5.17. The van der Waals surface area contributed by atoms with Crippen molar-refractivity contribution in [2.24, 2.45) is 0 Å². The monoisotopic (exact) mass is 216 g/mol. The van der Waals surface area contributed by atoms with E-state index in [2.05, 4.69) is 48.4 Å². The molecule has 2 N–H and O–H groups in total. The SMILES string of the molecule is CCC(CC)NCc1ccc2[nH]ccc2c1. The van der Waals surface area contributed by atoms with Gasteiger partial charge < -0.3 is 10.3 Å². The van der Waals surface area contributed by atoms with Gasteiger partial charge in [-0.3, -0.25) is 0 Å². The van der Waals surface area contributed by atoms with E-state index in [0.717, 1.165) is 6.54 Å². The number of benzene rings is 1. The highest BCUT2D eigenvalue weighted by atomic mass is 14.9. The summed E-state index contributed by atoms with van der Waals surface area (Å²) in [6.45, 7) is 5.43. The second-order valence-corrected chi connectivity index (χ2v) is 4.29. The minimum Gasteiger partial charge on any atom is -0.361 e. The first-order valence-electron chi connectivity index (χ1n) is 6.13. The molecule has 2 nitrogen and oxygen atoms in total. The van der Waals surface area contributed by atoms with Crippen molar-refractivity contribution in [1.29, 1.82) is 0 Å². The molecule has 0 unspecified atom stereocenters. The average Bonchev–Trinajstić information content (AvgIpc) is 2.77. The molecule has 0 atom stereocenters. The number of hydrogen-bond donors (Lipinski definition) is 2. The maximum atomic E-state index is 3.58. The summed E-state index contributed by atoms with van der Waals surface area (Å²) in [6, 6.07) is 9.35. The highest BCUT2D eigenvalue weighted by Crippen LogP contribution is 2.14. The highest BCUT2D eigenvalue weighted by molar-refractivity contribution is 5.79. The fourth-order valence-corrected chi connectivity index (χ4v) is 2.05. The summed E-state index contributed by atoms with van der Waals surface area (Å²) >= 11 is 0. The van der Waals surface area contributed by atoms with Gasteiger partial charge in [-0.1, -0.05) is 19.9 Å². The summed E-state index contributed by atoms with van der Waals surface area (Å²) in [4.78, 5) is 3.21. The van der Waals surface area contributed by atoms with E-state index in [9.17, 15) is 0 Å². The predicted molar refractivity (Wildman–Crippen MR) is 69.5 cm³/mol. The zero-order chi connectivity index (χ0) is 11.4. The van der Waals surface area contributed by atoms with Gasteiger partial charge in [0, 0.05) is 24.3 Å². The van der Waals surface area contributed by atoms with Crippen molar-refractivity contribution >= 4 is 10.9 Å². The van der Waals surface area contributed by atoms with Gasteiger partial charge in [0.15, 0.2) is 0 Å². The fourth-order valence-electron chi connectivity index (χ4n) is 2.05. The minimum absolute atomic E-state index is 0.641. The number of hydrogen-bond acceptors (Lipinski definition) is 1. The van der Waals surface area contributed by atoms with Crippen molar-refractivity contribution in [3.8, 4) is 0 Å². The number of nitrogens with one attached hydrogen (secondary N) is 2. The van der Waals surface area contributed by atoms with Gasteiger partial charge >= 0.3 is 0 Å². The third-order valence-corrected chi connectivity index (χ3v) is 3.20. The van der Waals surface area contributed by atoms with Gasteiger partial charge in [-0.15, -0.1) is 0 Å². The van der Waals surface area contributed by atoms with Crippen LogP contribution >= 0.6 is 0 Å². The van der Waals surface area contributed by atoms with Crippen LogP contribution in [-0.2, 0) is 6.54 Å². The maximum Gasteiger partial charge on any atom is 0.0454 e. The number of rotatable bonds is 5. The molecule has 1 heterocycles. The van der Waals surface area contributed by atoms with Gasteiger partial charge in [-0.2, -0.15) is 0 Å². The lowest BCUT2D eigenvalue weighted by molar-refractivity contribution is 0.484. The molecule has 0 fully saturated rings. The Morgan fingerprint density at radius 2 is 2.00 bits per heavy atom. The molecular formula is C14H20N2. The molecule has 0 aliphatic rings. The Labute approximate surface area is 97.1 Å². The standard InChI is InChI=1S/C14H20N2/c1-3-13(4-2)16-10-11-5-6-14-12(9-11)7-8-15-14/h5-9,13,15-16H,3-4,10H2,1-2H3. The quantitative estimate of drug-likeness (QED) is 0.787. The van der Waals surface area contributed by atoms with Crippen LogP contribution < -0.4 is 5.32 Å². The first-order valence-corrected chi connectivity index (χ1v) is 6.13. The number of aromatic nitrogens is 1. The molecule has 2 rings (SSSR count). The van der Waals surface area contributed by atoms with E-state index in [0.29, 0.717) is 6.04 Å². The molecule has 0 radical (unpaired) electrons. The molecular weight excluding hydrogens is 196 g/mol. The van der Waals surface area contributed by atoms with Crippen LogP contribution in [0.15, 0.2) is 30.5 Å². The van der Waals surface area contributed by atoms with Gasteiger partial charge in [-0.05, 0) is 42.0 Å². The Morgan fingerprint density at radius 1 is 1.19 bits per heavy atom. The van der Waals surface area contributed by atoms with Gasteiger partial charge in [0.2, 0.25) is 0 Å². The van der Waals surface area contributed by atoms with Crippen molar-refractivity contribution in [3.63, 3.8) is 0 Å². The number of fused-ring (bicyclic) bond motifs is 1. The molecule has 2 heteroatoms. The first kappa shape index (κ1) is 11.2. The molecule has 0 spiro atoms. The molecule has 0 amide bonds. The molecule has 0 aliphatic heterocycles. The summed E-state index contributed by atoms with van der Waals surface area (Å²) in [7, 11) is 0. The summed E-state index contributed by atoms with van der Waals surface area (Å²) in [5, 5.41) is 4.88.